The molecule has 0 saturated heterocycles. The maximum absolute atomic E-state index is 11.4. The number of hydrogen-bond donors (Lipinski definition) is 3. The summed E-state index contributed by atoms with van der Waals surface area (Å²) >= 11 is 0. The van der Waals surface area contributed by atoms with Crippen LogP contribution < -0.4 is 16.4 Å². The molecule has 1 rings (SSSR count). The Morgan fingerprint density at radius 3 is 2.82 bits per heavy atom. The van der Waals surface area contributed by atoms with Gasteiger partial charge in [0.25, 0.3) is 0 Å². The number of carbonyl (C=O) groups excluding carboxylic acids is 1. The summed E-state index contributed by atoms with van der Waals surface area (Å²) in [5, 5.41) is 6.31. The molecule has 0 aliphatic heterocycles. The monoisotopic (exact) mass is 243 g/mol. The standard InChI is InChI=1S/C12H25N3O2/c1-17-9-11(3-2-6-13)14-7-8-15-12(16)10-4-5-10/h10-11,14H,2-9,13H2,1H3,(H,15,16). The van der Waals surface area contributed by atoms with Crippen LogP contribution in [0, 0.1) is 5.92 Å². The van der Waals surface area contributed by atoms with Crippen molar-refractivity contribution in [1.82, 2.24) is 10.6 Å². The minimum absolute atomic E-state index is 0.206. The van der Waals surface area contributed by atoms with Gasteiger partial charge in [0.2, 0.25) is 5.91 Å². The van der Waals surface area contributed by atoms with E-state index in [-0.39, 0.29) is 5.91 Å². The van der Waals surface area contributed by atoms with Gasteiger partial charge in [-0.25, -0.2) is 0 Å². The van der Waals surface area contributed by atoms with Crippen molar-refractivity contribution in [1.29, 1.82) is 0 Å². The van der Waals surface area contributed by atoms with Gasteiger partial charge in [-0.05, 0) is 32.2 Å². The van der Waals surface area contributed by atoms with Crippen LogP contribution in [0.4, 0.5) is 0 Å². The smallest absolute Gasteiger partial charge is 0.223 e. The second-order valence-electron chi connectivity index (χ2n) is 4.60. The molecule has 5 heteroatoms. The Labute approximate surface area is 103 Å². The topological polar surface area (TPSA) is 76.4 Å². The summed E-state index contributed by atoms with van der Waals surface area (Å²) in [6.07, 6.45) is 4.13. The van der Waals surface area contributed by atoms with Gasteiger partial charge in [-0.15, -0.1) is 0 Å². The summed E-state index contributed by atoms with van der Waals surface area (Å²) in [7, 11) is 1.70. The molecule has 0 aromatic heterocycles. The Morgan fingerprint density at radius 2 is 2.24 bits per heavy atom. The minimum Gasteiger partial charge on any atom is -0.383 e. The first kappa shape index (κ1) is 14.4. The van der Waals surface area contributed by atoms with E-state index in [1.54, 1.807) is 7.11 Å². The third-order valence-electron chi connectivity index (χ3n) is 2.93. The van der Waals surface area contributed by atoms with Crippen molar-refractivity contribution < 1.29 is 9.53 Å². The van der Waals surface area contributed by atoms with Crippen LogP contribution in [0.5, 0.6) is 0 Å². The van der Waals surface area contributed by atoms with E-state index in [4.69, 9.17) is 10.5 Å². The molecule has 1 fully saturated rings. The summed E-state index contributed by atoms with van der Waals surface area (Å²) in [6, 6.07) is 0.335. The van der Waals surface area contributed by atoms with Crippen molar-refractivity contribution in [3.8, 4) is 0 Å². The molecule has 1 aliphatic carbocycles. The van der Waals surface area contributed by atoms with Gasteiger partial charge in [-0.3, -0.25) is 4.79 Å². The first-order valence-corrected chi connectivity index (χ1v) is 6.48. The average Bonchev–Trinajstić information content (AvgIpc) is 3.15. The van der Waals surface area contributed by atoms with Gasteiger partial charge >= 0.3 is 0 Å². The van der Waals surface area contributed by atoms with E-state index < -0.39 is 0 Å². The first-order valence-electron chi connectivity index (χ1n) is 6.48. The summed E-state index contributed by atoms with van der Waals surface area (Å²) in [6.45, 7) is 2.88. The summed E-state index contributed by atoms with van der Waals surface area (Å²) in [5.74, 6) is 0.499. The number of carbonyl (C=O) groups is 1. The maximum Gasteiger partial charge on any atom is 0.223 e. The second kappa shape index (κ2) is 8.44. The molecule has 0 heterocycles. The van der Waals surface area contributed by atoms with E-state index in [1.807, 2.05) is 0 Å². The zero-order valence-corrected chi connectivity index (χ0v) is 10.7. The quantitative estimate of drug-likeness (QED) is 0.467. The molecule has 1 aliphatic rings. The molecule has 17 heavy (non-hydrogen) atoms. The molecule has 0 spiro atoms. The fourth-order valence-electron chi connectivity index (χ4n) is 1.76. The predicted octanol–water partition coefficient (Wildman–Crippen LogP) is -0.144. The third kappa shape index (κ3) is 6.61. The molecule has 1 amide bonds. The van der Waals surface area contributed by atoms with Gasteiger partial charge in [0, 0.05) is 32.2 Å². The highest BCUT2D eigenvalue weighted by molar-refractivity contribution is 5.80. The number of nitrogens with two attached hydrogens (primary N) is 1. The number of rotatable bonds is 10. The van der Waals surface area contributed by atoms with Gasteiger partial charge in [-0.1, -0.05) is 0 Å². The fourth-order valence-corrected chi connectivity index (χ4v) is 1.76. The van der Waals surface area contributed by atoms with Crippen LogP contribution in [0.2, 0.25) is 0 Å². The Morgan fingerprint density at radius 1 is 1.47 bits per heavy atom. The van der Waals surface area contributed by atoms with Crippen LogP contribution >= 0.6 is 0 Å². The molecule has 1 saturated carbocycles. The van der Waals surface area contributed by atoms with E-state index in [9.17, 15) is 4.79 Å². The van der Waals surface area contributed by atoms with Gasteiger partial charge in [0.15, 0.2) is 0 Å². The summed E-state index contributed by atoms with van der Waals surface area (Å²) in [5.41, 5.74) is 5.48. The van der Waals surface area contributed by atoms with Crippen LogP contribution in [0.25, 0.3) is 0 Å². The van der Waals surface area contributed by atoms with Crippen molar-refractivity contribution in [2.45, 2.75) is 31.7 Å². The minimum atomic E-state index is 0.206. The highest BCUT2D eigenvalue weighted by Gasteiger charge is 2.28. The fraction of sp³-hybridized carbons (Fsp3) is 0.917. The van der Waals surface area contributed by atoms with E-state index in [1.165, 1.54) is 0 Å². The lowest BCUT2D eigenvalue weighted by molar-refractivity contribution is -0.122. The van der Waals surface area contributed by atoms with Gasteiger partial charge in [-0.2, -0.15) is 0 Å². The molecule has 5 nitrogen and oxygen atoms in total. The average molecular weight is 243 g/mol. The molecule has 1 atom stereocenters. The molecular weight excluding hydrogens is 218 g/mol. The zero-order chi connectivity index (χ0) is 12.5. The zero-order valence-electron chi connectivity index (χ0n) is 10.7. The van der Waals surface area contributed by atoms with Crippen LogP contribution in [0.3, 0.4) is 0 Å². The Balaban J connectivity index is 2.02. The largest absolute Gasteiger partial charge is 0.383 e. The van der Waals surface area contributed by atoms with Crippen molar-refractivity contribution in [3.05, 3.63) is 0 Å². The maximum atomic E-state index is 11.4. The number of nitrogens with one attached hydrogen (secondary N) is 2. The van der Waals surface area contributed by atoms with Crippen molar-refractivity contribution in [2.75, 3.05) is 33.4 Å². The highest BCUT2D eigenvalue weighted by Crippen LogP contribution is 2.28. The molecule has 1 unspecified atom stereocenters. The molecule has 0 radical (unpaired) electrons. The lowest BCUT2D eigenvalue weighted by atomic mass is 10.1. The SMILES string of the molecule is COCC(CCCN)NCCNC(=O)C1CC1. The highest BCUT2D eigenvalue weighted by atomic mass is 16.5. The Hall–Kier alpha value is -0.650. The molecule has 4 N–H and O–H groups in total. The normalized spacial score (nSPS) is 16.8. The molecule has 0 bridgehead atoms. The van der Waals surface area contributed by atoms with E-state index in [0.29, 0.717) is 31.7 Å². The number of ether oxygens (including phenoxy) is 1. The van der Waals surface area contributed by atoms with E-state index in [0.717, 1.165) is 32.2 Å². The van der Waals surface area contributed by atoms with Crippen LogP contribution in [-0.4, -0.2) is 45.3 Å². The second-order valence-corrected chi connectivity index (χ2v) is 4.60. The number of methoxy groups -OCH3 is 1. The van der Waals surface area contributed by atoms with Crippen molar-refractivity contribution in [3.63, 3.8) is 0 Å². The van der Waals surface area contributed by atoms with E-state index in [2.05, 4.69) is 10.6 Å². The van der Waals surface area contributed by atoms with Crippen molar-refractivity contribution >= 4 is 5.91 Å². The summed E-state index contributed by atoms with van der Waals surface area (Å²) < 4.78 is 5.14. The molecule has 100 valence electrons. The van der Waals surface area contributed by atoms with Gasteiger partial charge < -0.3 is 21.1 Å². The first-order chi connectivity index (χ1) is 8.27. The van der Waals surface area contributed by atoms with Gasteiger partial charge in [0.1, 0.15) is 0 Å². The van der Waals surface area contributed by atoms with Crippen LogP contribution in [0.1, 0.15) is 25.7 Å². The third-order valence-corrected chi connectivity index (χ3v) is 2.93. The number of hydrogen-bond acceptors (Lipinski definition) is 4. The number of amides is 1. The van der Waals surface area contributed by atoms with E-state index >= 15 is 0 Å². The molecule has 0 aromatic carbocycles. The van der Waals surface area contributed by atoms with Gasteiger partial charge in [0.05, 0.1) is 6.61 Å². The molecule has 0 aromatic rings. The van der Waals surface area contributed by atoms with Crippen LogP contribution in [-0.2, 0) is 9.53 Å². The lowest BCUT2D eigenvalue weighted by Gasteiger charge is -2.17. The Kier molecular flexibility index (Phi) is 7.16. The lowest BCUT2D eigenvalue weighted by Crippen LogP contribution is -2.39. The summed E-state index contributed by atoms with van der Waals surface area (Å²) in [4.78, 5) is 11.4. The van der Waals surface area contributed by atoms with Crippen molar-refractivity contribution in [2.24, 2.45) is 11.7 Å². The molecular formula is C12H25N3O2. The Bertz CT molecular complexity index is 220. The predicted molar refractivity (Wildman–Crippen MR) is 67.7 cm³/mol. The van der Waals surface area contributed by atoms with Crippen LogP contribution in [0.15, 0.2) is 0 Å².